The van der Waals surface area contributed by atoms with Crippen LogP contribution in [0.25, 0.3) is 0 Å². The van der Waals surface area contributed by atoms with Gasteiger partial charge in [0.1, 0.15) is 5.92 Å². The largest absolute Gasteiger partial charge is 0.374 e. The monoisotopic (exact) mass is 462 g/mol. The second kappa shape index (κ2) is 6.79. The molecule has 2 heterocycles. The molecule has 1 N–H and O–H groups in total. The molecule has 5 rings (SSSR count). The number of benzene rings is 3. The van der Waals surface area contributed by atoms with E-state index in [1.54, 1.807) is 24.1 Å². The van der Waals surface area contributed by atoms with Crippen LogP contribution >= 0.6 is 15.9 Å². The molecule has 0 spiro atoms. The van der Waals surface area contributed by atoms with Crippen molar-refractivity contribution >= 4 is 39.1 Å². The zero-order valence-corrected chi connectivity index (χ0v) is 17.8. The first-order valence-corrected chi connectivity index (χ1v) is 10.5. The number of nitrogens with zero attached hydrogens (tertiary/aromatic N) is 2. The molecule has 3 aromatic carbocycles. The van der Waals surface area contributed by atoms with Crippen LogP contribution in [0, 0.1) is 0 Å². The van der Waals surface area contributed by atoms with Gasteiger partial charge in [-0.3, -0.25) is 9.59 Å². The summed E-state index contributed by atoms with van der Waals surface area (Å²) in [5.41, 5.74) is 1.42. The molecule has 0 aromatic heterocycles. The van der Waals surface area contributed by atoms with Crippen LogP contribution in [0.15, 0.2) is 77.3 Å². The first-order chi connectivity index (χ1) is 14.4. The summed E-state index contributed by atoms with van der Waals surface area (Å²) in [6, 6.07) is 22.3. The first-order valence-electron chi connectivity index (χ1n) is 9.67. The number of carbonyl (C=O) groups excluding carboxylic acids is 2. The number of carbonyl (C=O) groups is 2. The normalized spacial score (nSPS) is 22.4. The maximum atomic E-state index is 13.7. The van der Waals surface area contributed by atoms with E-state index in [9.17, 15) is 14.7 Å². The van der Waals surface area contributed by atoms with Crippen molar-refractivity contribution in [2.45, 2.75) is 18.1 Å². The second-order valence-electron chi connectivity index (χ2n) is 7.69. The van der Waals surface area contributed by atoms with Crippen LogP contribution in [0.4, 0.5) is 11.4 Å². The number of amides is 2. The second-order valence-corrected chi connectivity index (χ2v) is 8.61. The number of halogens is 1. The molecule has 2 amide bonds. The van der Waals surface area contributed by atoms with Gasteiger partial charge in [0.25, 0.3) is 5.91 Å². The molecule has 2 aliphatic heterocycles. The molecule has 30 heavy (non-hydrogen) atoms. The molecular formula is C24H19BrN2O3. The fraction of sp³-hybridized carbons (Fsp3) is 0.167. The lowest BCUT2D eigenvalue weighted by atomic mass is 9.78. The average molecular weight is 463 g/mol. The van der Waals surface area contributed by atoms with E-state index in [4.69, 9.17) is 0 Å². The van der Waals surface area contributed by atoms with Crippen LogP contribution < -0.4 is 9.80 Å². The predicted molar refractivity (Wildman–Crippen MR) is 118 cm³/mol. The molecule has 150 valence electrons. The molecule has 0 radical (unpaired) electrons. The third-order valence-electron chi connectivity index (χ3n) is 6.02. The van der Waals surface area contributed by atoms with Crippen molar-refractivity contribution in [1.82, 2.24) is 0 Å². The summed E-state index contributed by atoms with van der Waals surface area (Å²) >= 11 is 3.45. The number of rotatable bonds is 3. The van der Waals surface area contributed by atoms with Gasteiger partial charge >= 0.3 is 0 Å². The topological polar surface area (TPSA) is 60.9 Å². The molecule has 6 heteroatoms. The van der Waals surface area contributed by atoms with Crippen molar-refractivity contribution in [2.24, 2.45) is 0 Å². The van der Waals surface area contributed by atoms with Gasteiger partial charge in [-0.1, -0.05) is 64.5 Å². The Bertz CT molecular complexity index is 1180. The summed E-state index contributed by atoms with van der Waals surface area (Å²) in [6.07, 6.45) is 0. The minimum Gasteiger partial charge on any atom is -0.374 e. The van der Waals surface area contributed by atoms with E-state index in [1.165, 1.54) is 4.90 Å². The van der Waals surface area contributed by atoms with E-state index >= 15 is 0 Å². The number of aliphatic hydroxyl groups is 1. The lowest BCUT2D eigenvalue weighted by Gasteiger charge is -2.28. The highest BCUT2D eigenvalue weighted by Crippen LogP contribution is 2.53. The fourth-order valence-electron chi connectivity index (χ4n) is 4.57. The van der Waals surface area contributed by atoms with Crippen molar-refractivity contribution in [3.8, 4) is 0 Å². The van der Waals surface area contributed by atoms with Crippen LogP contribution in [-0.2, 0) is 21.7 Å². The third-order valence-corrected chi connectivity index (χ3v) is 6.51. The summed E-state index contributed by atoms with van der Waals surface area (Å²) in [7, 11) is 1.67. The van der Waals surface area contributed by atoms with Crippen LogP contribution in [0.1, 0.15) is 22.6 Å². The van der Waals surface area contributed by atoms with Gasteiger partial charge in [0.2, 0.25) is 5.91 Å². The van der Waals surface area contributed by atoms with E-state index in [2.05, 4.69) is 15.9 Å². The summed E-state index contributed by atoms with van der Waals surface area (Å²) in [5, 5.41) is 11.9. The van der Waals surface area contributed by atoms with E-state index < -0.39 is 17.4 Å². The first kappa shape index (κ1) is 19.0. The predicted octanol–water partition coefficient (Wildman–Crippen LogP) is 3.94. The van der Waals surface area contributed by atoms with E-state index in [-0.39, 0.29) is 5.91 Å². The lowest BCUT2D eigenvalue weighted by Crippen LogP contribution is -2.47. The molecule has 0 saturated heterocycles. The van der Waals surface area contributed by atoms with Gasteiger partial charge in [-0.05, 0) is 35.4 Å². The molecule has 0 saturated carbocycles. The van der Waals surface area contributed by atoms with Gasteiger partial charge in [-0.25, -0.2) is 0 Å². The van der Waals surface area contributed by atoms with E-state index in [0.717, 1.165) is 10.0 Å². The number of para-hydroxylation sites is 1. The molecule has 0 aliphatic carbocycles. The summed E-state index contributed by atoms with van der Waals surface area (Å²) in [6.45, 7) is 0.321. The summed E-state index contributed by atoms with van der Waals surface area (Å²) < 4.78 is 0.790. The Hall–Kier alpha value is -2.96. The SMILES string of the molecule is CN1C(=O)C(C2(O)C(=O)N(Cc3ccccc3)c3ccccc32)c2cc(Br)ccc21. The number of hydrogen-bond acceptors (Lipinski definition) is 3. The van der Waals surface area contributed by atoms with Crippen LogP contribution in [0.2, 0.25) is 0 Å². The highest BCUT2D eigenvalue weighted by molar-refractivity contribution is 9.10. The van der Waals surface area contributed by atoms with Crippen LogP contribution in [0.3, 0.4) is 0 Å². The van der Waals surface area contributed by atoms with Crippen molar-refractivity contribution in [2.75, 3.05) is 16.8 Å². The van der Waals surface area contributed by atoms with Gasteiger partial charge in [0.05, 0.1) is 12.2 Å². The molecule has 5 nitrogen and oxygen atoms in total. The molecule has 2 unspecified atom stereocenters. The molecule has 0 bridgehead atoms. The van der Waals surface area contributed by atoms with Crippen molar-refractivity contribution in [3.63, 3.8) is 0 Å². The Balaban J connectivity index is 1.67. The third kappa shape index (κ3) is 2.57. The smallest absolute Gasteiger partial charge is 0.265 e. The van der Waals surface area contributed by atoms with E-state index in [1.807, 2.05) is 60.7 Å². The summed E-state index contributed by atoms with van der Waals surface area (Å²) in [5.74, 6) is -1.79. The Morgan fingerprint density at radius 2 is 1.67 bits per heavy atom. The Morgan fingerprint density at radius 1 is 0.967 bits per heavy atom. The van der Waals surface area contributed by atoms with Gasteiger partial charge < -0.3 is 14.9 Å². The van der Waals surface area contributed by atoms with Crippen LogP contribution in [-0.4, -0.2) is 24.0 Å². The lowest BCUT2D eigenvalue weighted by molar-refractivity contribution is -0.144. The van der Waals surface area contributed by atoms with Crippen LogP contribution in [0.5, 0.6) is 0 Å². The summed E-state index contributed by atoms with van der Waals surface area (Å²) in [4.78, 5) is 30.1. The minimum atomic E-state index is -1.97. The van der Waals surface area contributed by atoms with Gasteiger partial charge in [0, 0.05) is 22.8 Å². The molecule has 3 aromatic rings. The van der Waals surface area contributed by atoms with Crippen molar-refractivity contribution in [3.05, 3.63) is 94.0 Å². The fourth-order valence-corrected chi connectivity index (χ4v) is 4.95. The minimum absolute atomic E-state index is 0.296. The number of likely N-dealkylation sites (N-methyl/N-ethyl adjacent to an activating group) is 1. The Labute approximate surface area is 182 Å². The zero-order chi connectivity index (χ0) is 21.0. The standard InChI is InChI=1S/C24H19BrN2O3/c1-26-19-12-11-16(25)13-17(19)21(22(26)28)24(30)18-9-5-6-10-20(18)27(23(24)29)14-15-7-3-2-4-8-15/h2-13,21,30H,14H2,1H3. The van der Waals surface area contributed by atoms with Gasteiger partial charge in [-0.15, -0.1) is 0 Å². The highest BCUT2D eigenvalue weighted by Gasteiger charge is 2.60. The molecule has 0 fully saturated rings. The maximum Gasteiger partial charge on any atom is 0.265 e. The van der Waals surface area contributed by atoms with Crippen molar-refractivity contribution < 1.29 is 14.7 Å². The Morgan fingerprint density at radius 3 is 2.43 bits per heavy atom. The maximum absolute atomic E-state index is 13.7. The number of fused-ring (bicyclic) bond motifs is 2. The molecule has 2 atom stereocenters. The number of anilines is 2. The Kier molecular flexibility index (Phi) is 4.31. The average Bonchev–Trinajstić information content (AvgIpc) is 3.12. The quantitative estimate of drug-likeness (QED) is 0.640. The van der Waals surface area contributed by atoms with E-state index in [0.29, 0.717) is 29.0 Å². The number of hydrogen-bond donors (Lipinski definition) is 1. The molecule has 2 aliphatic rings. The van der Waals surface area contributed by atoms with Gasteiger partial charge in [-0.2, -0.15) is 0 Å². The molecular weight excluding hydrogens is 444 g/mol. The van der Waals surface area contributed by atoms with Crippen molar-refractivity contribution in [1.29, 1.82) is 0 Å². The van der Waals surface area contributed by atoms with Gasteiger partial charge in [0.15, 0.2) is 5.60 Å². The highest BCUT2D eigenvalue weighted by atomic mass is 79.9. The zero-order valence-electron chi connectivity index (χ0n) is 16.2.